The van der Waals surface area contributed by atoms with Crippen LogP contribution < -0.4 is 10.6 Å². The Bertz CT molecular complexity index is 410. The number of carbonyl (C=O) groups excluding carboxylic acids is 2. The summed E-state index contributed by atoms with van der Waals surface area (Å²) < 4.78 is 0. The van der Waals surface area contributed by atoms with Crippen LogP contribution in [0.3, 0.4) is 0 Å². The zero-order valence-corrected chi connectivity index (χ0v) is 13.5. The minimum Gasteiger partial charge on any atom is -0.343 e. The van der Waals surface area contributed by atoms with Gasteiger partial charge in [0, 0.05) is 32.6 Å². The lowest BCUT2D eigenvalue weighted by Crippen LogP contribution is -2.47. The maximum atomic E-state index is 12.0. The SMILES string of the molecule is O=C(NCCC(=O)N1CCCCC1)NCC1(C2CC2)CCC1. The van der Waals surface area contributed by atoms with Gasteiger partial charge in [-0.1, -0.05) is 6.42 Å². The number of nitrogens with zero attached hydrogens (tertiary/aromatic N) is 1. The second-order valence-corrected chi connectivity index (χ2v) is 7.29. The molecule has 0 aromatic heterocycles. The number of likely N-dealkylation sites (tertiary alicyclic amines) is 1. The Morgan fingerprint density at radius 1 is 1.00 bits per heavy atom. The zero-order valence-electron chi connectivity index (χ0n) is 13.5. The van der Waals surface area contributed by atoms with Crippen LogP contribution in [0.25, 0.3) is 0 Å². The summed E-state index contributed by atoms with van der Waals surface area (Å²) >= 11 is 0. The highest BCUT2D eigenvalue weighted by Gasteiger charge is 2.48. The molecule has 2 N–H and O–H groups in total. The summed E-state index contributed by atoms with van der Waals surface area (Å²) in [6.45, 7) is 3.02. The Balaban J connectivity index is 1.30. The van der Waals surface area contributed by atoms with E-state index in [1.807, 2.05) is 4.90 Å². The van der Waals surface area contributed by atoms with Crippen LogP contribution in [0.2, 0.25) is 0 Å². The number of hydrogen-bond donors (Lipinski definition) is 2. The number of hydrogen-bond acceptors (Lipinski definition) is 2. The Labute approximate surface area is 133 Å². The van der Waals surface area contributed by atoms with E-state index in [4.69, 9.17) is 0 Å². The molecular weight excluding hydrogens is 278 g/mol. The van der Waals surface area contributed by atoms with Crippen molar-refractivity contribution in [1.29, 1.82) is 0 Å². The predicted molar refractivity (Wildman–Crippen MR) is 85.5 cm³/mol. The fraction of sp³-hybridized carbons (Fsp3) is 0.882. The van der Waals surface area contributed by atoms with Crippen LogP contribution in [0.5, 0.6) is 0 Å². The van der Waals surface area contributed by atoms with E-state index in [0.717, 1.165) is 38.4 Å². The van der Waals surface area contributed by atoms with E-state index in [9.17, 15) is 9.59 Å². The fourth-order valence-corrected chi connectivity index (χ4v) is 3.96. The molecule has 124 valence electrons. The van der Waals surface area contributed by atoms with Gasteiger partial charge in [0.1, 0.15) is 0 Å². The Hall–Kier alpha value is -1.26. The largest absolute Gasteiger partial charge is 0.343 e. The zero-order chi connectivity index (χ0) is 15.4. The minimum atomic E-state index is -0.113. The molecular formula is C17H29N3O2. The lowest BCUT2D eigenvalue weighted by atomic mass is 9.65. The molecule has 2 saturated carbocycles. The average molecular weight is 307 g/mol. The first kappa shape index (κ1) is 15.6. The molecule has 3 fully saturated rings. The van der Waals surface area contributed by atoms with Crippen molar-refractivity contribution in [3.05, 3.63) is 0 Å². The van der Waals surface area contributed by atoms with E-state index in [1.54, 1.807) is 0 Å². The molecule has 0 unspecified atom stereocenters. The van der Waals surface area contributed by atoms with Gasteiger partial charge in [-0.3, -0.25) is 4.79 Å². The quantitative estimate of drug-likeness (QED) is 0.791. The number of urea groups is 1. The van der Waals surface area contributed by atoms with Crippen molar-refractivity contribution in [2.75, 3.05) is 26.2 Å². The van der Waals surface area contributed by atoms with Crippen LogP contribution >= 0.6 is 0 Å². The van der Waals surface area contributed by atoms with Gasteiger partial charge in [0.05, 0.1) is 0 Å². The second-order valence-electron chi connectivity index (χ2n) is 7.29. The number of amides is 3. The van der Waals surface area contributed by atoms with Crippen molar-refractivity contribution in [2.45, 2.75) is 57.8 Å². The van der Waals surface area contributed by atoms with Gasteiger partial charge >= 0.3 is 6.03 Å². The van der Waals surface area contributed by atoms with Crippen LogP contribution in [0.4, 0.5) is 4.79 Å². The third-order valence-corrected chi connectivity index (χ3v) is 5.73. The molecule has 22 heavy (non-hydrogen) atoms. The van der Waals surface area contributed by atoms with E-state index in [0.29, 0.717) is 18.4 Å². The summed E-state index contributed by atoms with van der Waals surface area (Å²) in [6, 6.07) is -0.113. The second kappa shape index (κ2) is 6.88. The number of piperidine rings is 1. The molecule has 0 atom stereocenters. The summed E-state index contributed by atoms with van der Waals surface area (Å²) in [4.78, 5) is 25.8. The van der Waals surface area contributed by atoms with Crippen molar-refractivity contribution >= 4 is 11.9 Å². The van der Waals surface area contributed by atoms with Crippen molar-refractivity contribution in [2.24, 2.45) is 11.3 Å². The third kappa shape index (κ3) is 3.73. The van der Waals surface area contributed by atoms with Crippen molar-refractivity contribution in [3.8, 4) is 0 Å². The van der Waals surface area contributed by atoms with Crippen molar-refractivity contribution in [3.63, 3.8) is 0 Å². The fourth-order valence-electron chi connectivity index (χ4n) is 3.96. The predicted octanol–water partition coefficient (Wildman–Crippen LogP) is 2.27. The summed E-state index contributed by atoms with van der Waals surface area (Å²) in [7, 11) is 0. The number of nitrogens with one attached hydrogen (secondary N) is 2. The van der Waals surface area contributed by atoms with Gasteiger partial charge in [0.25, 0.3) is 0 Å². The first-order chi connectivity index (χ1) is 10.7. The van der Waals surface area contributed by atoms with Gasteiger partial charge in [-0.15, -0.1) is 0 Å². The molecule has 1 heterocycles. The van der Waals surface area contributed by atoms with Crippen LogP contribution in [0.15, 0.2) is 0 Å². The third-order valence-electron chi connectivity index (χ3n) is 5.73. The van der Waals surface area contributed by atoms with Gasteiger partial charge in [-0.25, -0.2) is 4.79 Å². The molecule has 3 rings (SSSR count). The van der Waals surface area contributed by atoms with Gasteiger partial charge in [-0.05, 0) is 56.3 Å². The van der Waals surface area contributed by atoms with E-state index in [1.165, 1.54) is 38.5 Å². The summed E-state index contributed by atoms with van der Waals surface area (Å²) in [5.74, 6) is 1.02. The molecule has 0 spiro atoms. The van der Waals surface area contributed by atoms with Gasteiger partial charge in [0.15, 0.2) is 0 Å². The highest BCUT2D eigenvalue weighted by Crippen LogP contribution is 2.56. The molecule has 3 amide bonds. The van der Waals surface area contributed by atoms with Crippen LogP contribution in [-0.4, -0.2) is 43.0 Å². The normalized spacial score (nSPS) is 23.5. The Kier molecular flexibility index (Phi) is 4.89. The monoisotopic (exact) mass is 307 g/mol. The molecule has 2 aliphatic carbocycles. The number of carbonyl (C=O) groups is 2. The van der Waals surface area contributed by atoms with Gasteiger partial charge < -0.3 is 15.5 Å². The average Bonchev–Trinajstić information content (AvgIpc) is 3.32. The minimum absolute atomic E-state index is 0.113. The van der Waals surface area contributed by atoms with Crippen LogP contribution in [0, 0.1) is 11.3 Å². The lowest BCUT2D eigenvalue weighted by Gasteiger charge is -2.42. The van der Waals surface area contributed by atoms with E-state index >= 15 is 0 Å². The Morgan fingerprint density at radius 3 is 2.32 bits per heavy atom. The van der Waals surface area contributed by atoms with E-state index < -0.39 is 0 Å². The molecule has 0 aromatic rings. The van der Waals surface area contributed by atoms with Gasteiger partial charge in [0.2, 0.25) is 5.91 Å². The smallest absolute Gasteiger partial charge is 0.314 e. The van der Waals surface area contributed by atoms with Crippen molar-refractivity contribution in [1.82, 2.24) is 15.5 Å². The Morgan fingerprint density at radius 2 is 1.73 bits per heavy atom. The first-order valence-electron chi connectivity index (χ1n) is 8.99. The summed E-state index contributed by atoms with van der Waals surface area (Å²) in [5.41, 5.74) is 0.404. The summed E-state index contributed by atoms with van der Waals surface area (Å²) in [6.07, 6.45) is 10.4. The van der Waals surface area contributed by atoms with Gasteiger partial charge in [-0.2, -0.15) is 0 Å². The highest BCUT2D eigenvalue weighted by molar-refractivity contribution is 5.78. The first-order valence-corrected chi connectivity index (χ1v) is 8.99. The lowest BCUT2D eigenvalue weighted by molar-refractivity contribution is -0.131. The number of rotatable bonds is 6. The molecule has 1 saturated heterocycles. The maximum Gasteiger partial charge on any atom is 0.314 e. The van der Waals surface area contributed by atoms with E-state index in [2.05, 4.69) is 10.6 Å². The molecule has 3 aliphatic rings. The molecule has 5 nitrogen and oxygen atoms in total. The molecule has 1 aliphatic heterocycles. The standard InChI is InChI=1S/C17H29N3O2/c21-15(20-11-2-1-3-12-20)7-10-18-16(22)19-13-17(8-4-9-17)14-5-6-14/h14H,1-13H2,(H2,18,19,22). The molecule has 5 heteroatoms. The molecule has 0 radical (unpaired) electrons. The topological polar surface area (TPSA) is 61.4 Å². The molecule has 0 bridgehead atoms. The van der Waals surface area contributed by atoms with E-state index in [-0.39, 0.29) is 11.9 Å². The highest BCUT2D eigenvalue weighted by atomic mass is 16.2. The maximum absolute atomic E-state index is 12.0. The summed E-state index contributed by atoms with van der Waals surface area (Å²) in [5, 5.41) is 5.86. The van der Waals surface area contributed by atoms with Crippen LogP contribution in [-0.2, 0) is 4.79 Å². The van der Waals surface area contributed by atoms with Crippen molar-refractivity contribution < 1.29 is 9.59 Å². The molecule has 0 aromatic carbocycles. The van der Waals surface area contributed by atoms with Crippen LogP contribution in [0.1, 0.15) is 57.8 Å².